The van der Waals surface area contributed by atoms with Crippen LogP contribution in [0.4, 0.5) is 0 Å². The summed E-state index contributed by atoms with van der Waals surface area (Å²) < 4.78 is 0. The largest absolute Gasteiger partial charge is 0.396 e. The maximum atomic E-state index is 12.0. The zero-order chi connectivity index (χ0) is 15.8. The fraction of sp³-hybridized carbons (Fsp3) is 0.333. The molecule has 0 saturated heterocycles. The second-order valence-electron chi connectivity index (χ2n) is 4.59. The molecule has 5 nitrogen and oxygen atoms in total. The minimum atomic E-state index is -0.187. The highest BCUT2D eigenvalue weighted by Gasteiger charge is 2.12. The van der Waals surface area contributed by atoms with E-state index in [1.807, 2.05) is 18.2 Å². The summed E-state index contributed by atoms with van der Waals surface area (Å²) in [7, 11) is 0. The number of aliphatic hydroxyl groups is 1. The van der Waals surface area contributed by atoms with E-state index in [0.29, 0.717) is 23.0 Å². The van der Waals surface area contributed by atoms with Crippen molar-refractivity contribution in [3.8, 4) is 11.3 Å². The minimum Gasteiger partial charge on any atom is -0.396 e. The zero-order valence-corrected chi connectivity index (χ0v) is 13.6. The quantitative estimate of drug-likeness (QED) is 0.646. The molecule has 0 spiro atoms. The van der Waals surface area contributed by atoms with Crippen LogP contribution in [0.2, 0.25) is 5.02 Å². The molecule has 0 unspecified atom stereocenters. The average molecular weight is 340 g/mol. The molecule has 2 aromatic rings. The molecule has 0 atom stereocenters. The number of rotatable bonds is 8. The molecule has 0 aliphatic carbocycles. The summed E-state index contributed by atoms with van der Waals surface area (Å²) in [6.07, 6.45) is 0.778. The molecule has 3 N–H and O–H groups in total. The predicted molar refractivity (Wildman–Crippen MR) is 90.4 cm³/mol. The summed E-state index contributed by atoms with van der Waals surface area (Å²) in [4.78, 5) is 12.0. The van der Waals surface area contributed by atoms with Crippen molar-refractivity contribution in [2.24, 2.45) is 0 Å². The molecule has 0 saturated carbocycles. The van der Waals surface area contributed by atoms with Gasteiger partial charge in [-0.3, -0.25) is 9.89 Å². The SMILES string of the molecule is O=C(NCCSCCCO)c1cc(-c2ccccc2Cl)n[nH]1. The summed E-state index contributed by atoms with van der Waals surface area (Å²) in [6.45, 7) is 0.785. The smallest absolute Gasteiger partial charge is 0.269 e. The zero-order valence-electron chi connectivity index (χ0n) is 12.0. The van der Waals surface area contributed by atoms with E-state index in [-0.39, 0.29) is 12.5 Å². The Balaban J connectivity index is 1.86. The van der Waals surface area contributed by atoms with Gasteiger partial charge in [0.25, 0.3) is 5.91 Å². The molecule has 1 aromatic heterocycles. The van der Waals surface area contributed by atoms with Gasteiger partial charge in [-0.1, -0.05) is 29.8 Å². The number of nitrogens with one attached hydrogen (secondary N) is 2. The van der Waals surface area contributed by atoms with Gasteiger partial charge in [-0.05, 0) is 24.3 Å². The second kappa shape index (κ2) is 8.82. The highest BCUT2D eigenvalue weighted by Crippen LogP contribution is 2.26. The van der Waals surface area contributed by atoms with Crippen LogP contribution >= 0.6 is 23.4 Å². The fourth-order valence-corrected chi connectivity index (χ4v) is 2.86. The Kier molecular flexibility index (Phi) is 6.76. The van der Waals surface area contributed by atoms with Gasteiger partial charge in [-0.15, -0.1) is 0 Å². The number of thioether (sulfide) groups is 1. The molecule has 2 rings (SSSR count). The van der Waals surface area contributed by atoms with Gasteiger partial charge in [0.05, 0.1) is 10.7 Å². The Bertz CT molecular complexity index is 618. The minimum absolute atomic E-state index is 0.187. The normalized spacial score (nSPS) is 10.6. The first-order valence-electron chi connectivity index (χ1n) is 6.99. The van der Waals surface area contributed by atoms with Crippen LogP contribution in [0.3, 0.4) is 0 Å². The van der Waals surface area contributed by atoms with Crippen LogP contribution in [-0.4, -0.2) is 45.9 Å². The summed E-state index contributed by atoms with van der Waals surface area (Å²) in [6, 6.07) is 9.06. The van der Waals surface area contributed by atoms with E-state index in [2.05, 4.69) is 15.5 Å². The molecule has 1 heterocycles. The van der Waals surface area contributed by atoms with Gasteiger partial charge in [-0.25, -0.2) is 0 Å². The van der Waals surface area contributed by atoms with E-state index >= 15 is 0 Å². The molecule has 7 heteroatoms. The Morgan fingerprint density at radius 3 is 2.95 bits per heavy atom. The first-order valence-corrected chi connectivity index (χ1v) is 8.52. The molecule has 0 radical (unpaired) electrons. The first kappa shape index (κ1) is 16.9. The van der Waals surface area contributed by atoms with Crippen molar-refractivity contribution >= 4 is 29.3 Å². The number of amides is 1. The van der Waals surface area contributed by atoms with E-state index in [0.717, 1.165) is 23.5 Å². The molecular formula is C15H18ClN3O2S. The molecule has 1 aromatic carbocycles. The third-order valence-corrected chi connectivity index (χ3v) is 4.35. The van der Waals surface area contributed by atoms with Gasteiger partial charge in [0.15, 0.2) is 0 Å². The molecule has 0 aliphatic heterocycles. The summed E-state index contributed by atoms with van der Waals surface area (Å²) >= 11 is 7.82. The topological polar surface area (TPSA) is 78.0 Å². The van der Waals surface area contributed by atoms with Gasteiger partial charge < -0.3 is 10.4 Å². The van der Waals surface area contributed by atoms with Crippen LogP contribution in [0, 0.1) is 0 Å². The molecule has 0 bridgehead atoms. The number of carbonyl (C=O) groups excluding carboxylic acids is 1. The van der Waals surface area contributed by atoms with Crippen molar-refractivity contribution in [3.05, 3.63) is 41.0 Å². The lowest BCUT2D eigenvalue weighted by Crippen LogP contribution is -2.26. The van der Waals surface area contributed by atoms with Gasteiger partial charge in [0, 0.05) is 24.5 Å². The third-order valence-electron chi connectivity index (χ3n) is 2.95. The number of aromatic nitrogens is 2. The number of benzene rings is 1. The highest BCUT2D eigenvalue weighted by atomic mass is 35.5. The van der Waals surface area contributed by atoms with E-state index in [9.17, 15) is 4.79 Å². The van der Waals surface area contributed by atoms with Crippen molar-refractivity contribution in [1.82, 2.24) is 15.5 Å². The van der Waals surface area contributed by atoms with Gasteiger partial charge in [0.1, 0.15) is 5.69 Å². The monoisotopic (exact) mass is 339 g/mol. The number of carbonyl (C=O) groups is 1. The molecule has 1 amide bonds. The molecule has 0 aliphatic rings. The summed E-state index contributed by atoms with van der Waals surface area (Å²) in [5.74, 6) is 1.53. The standard InChI is InChI=1S/C15H18ClN3O2S/c16-12-5-2-1-4-11(12)13-10-14(19-18-13)15(21)17-6-9-22-8-3-7-20/h1-2,4-5,10,20H,3,6-9H2,(H,17,21)(H,18,19). The number of nitrogens with zero attached hydrogens (tertiary/aromatic N) is 1. The van der Waals surface area contributed by atoms with E-state index in [1.165, 1.54) is 0 Å². The lowest BCUT2D eigenvalue weighted by Gasteiger charge is -2.03. The Hall–Kier alpha value is -1.50. The number of hydrogen-bond acceptors (Lipinski definition) is 4. The lowest BCUT2D eigenvalue weighted by atomic mass is 10.1. The van der Waals surface area contributed by atoms with Crippen molar-refractivity contribution in [1.29, 1.82) is 0 Å². The third kappa shape index (κ3) is 4.76. The van der Waals surface area contributed by atoms with Crippen molar-refractivity contribution in [3.63, 3.8) is 0 Å². The molecule has 0 fully saturated rings. The fourth-order valence-electron chi connectivity index (χ4n) is 1.85. The number of halogens is 1. The number of aliphatic hydroxyl groups excluding tert-OH is 1. The Labute approximate surface area is 138 Å². The number of hydrogen-bond donors (Lipinski definition) is 3. The molecular weight excluding hydrogens is 322 g/mol. The van der Waals surface area contributed by atoms with Crippen LogP contribution in [0.25, 0.3) is 11.3 Å². The number of aromatic amines is 1. The lowest BCUT2D eigenvalue weighted by molar-refractivity contribution is 0.0951. The van der Waals surface area contributed by atoms with Crippen molar-refractivity contribution < 1.29 is 9.90 Å². The average Bonchev–Trinajstić information content (AvgIpc) is 3.01. The second-order valence-corrected chi connectivity index (χ2v) is 6.22. The van der Waals surface area contributed by atoms with E-state index in [1.54, 1.807) is 23.9 Å². The van der Waals surface area contributed by atoms with Crippen LogP contribution in [0.15, 0.2) is 30.3 Å². The van der Waals surface area contributed by atoms with Crippen LogP contribution < -0.4 is 5.32 Å². The van der Waals surface area contributed by atoms with Gasteiger partial charge in [0.2, 0.25) is 0 Å². The molecule has 22 heavy (non-hydrogen) atoms. The predicted octanol–water partition coefficient (Wildman–Crippen LogP) is 2.58. The Morgan fingerprint density at radius 2 is 2.18 bits per heavy atom. The van der Waals surface area contributed by atoms with Crippen LogP contribution in [0.5, 0.6) is 0 Å². The molecule has 118 valence electrons. The van der Waals surface area contributed by atoms with Crippen molar-refractivity contribution in [2.45, 2.75) is 6.42 Å². The summed E-state index contributed by atoms with van der Waals surface area (Å²) in [5, 5.41) is 19.0. The van der Waals surface area contributed by atoms with Crippen LogP contribution in [0.1, 0.15) is 16.9 Å². The maximum absolute atomic E-state index is 12.0. The van der Waals surface area contributed by atoms with Crippen molar-refractivity contribution in [2.75, 3.05) is 24.7 Å². The van der Waals surface area contributed by atoms with Gasteiger partial charge >= 0.3 is 0 Å². The maximum Gasteiger partial charge on any atom is 0.269 e. The first-order chi connectivity index (χ1) is 10.7. The summed E-state index contributed by atoms with van der Waals surface area (Å²) in [5.41, 5.74) is 1.85. The van der Waals surface area contributed by atoms with Crippen LogP contribution in [-0.2, 0) is 0 Å². The van der Waals surface area contributed by atoms with Gasteiger partial charge in [-0.2, -0.15) is 16.9 Å². The number of H-pyrrole nitrogens is 1. The Morgan fingerprint density at radius 1 is 1.36 bits per heavy atom. The van der Waals surface area contributed by atoms with E-state index in [4.69, 9.17) is 16.7 Å². The van der Waals surface area contributed by atoms with E-state index < -0.39 is 0 Å². The highest BCUT2D eigenvalue weighted by molar-refractivity contribution is 7.99.